The fourth-order valence-corrected chi connectivity index (χ4v) is 2.08. The number of nitrogens with zero attached hydrogens (tertiary/aromatic N) is 1. The molecule has 0 aliphatic rings. The average molecular weight is 253 g/mol. The second-order valence-corrected chi connectivity index (χ2v) is 5.09. The highest BCUT2D eigenvalue weighted by atomic mass is 32.1. The highest BCUT2D eigenvalue weighted by molar-refractivity contribution is 7.17. The average Bonchev–Trinajstić information content (AvgIpc) is 2.72. The molecule has 2 N–H and O–H groups in total. The van der Waals surface area contributed by atoms with E-state index >= 15 is 0 Å². The van der Waals surface area contributed by atoms with Gasteiger partial charge in [-0.3, -0.25) is 4.79 Å². The van der Waals surface area contributed by atoms with Gasteiger partial charge in [-0.15, -0.1) is 11.3 Å². The second kappa shape index (κ2) is 5.39. The van der Waals surface area contributed by atoms with E-state index in [0.717, 1.165) is 5.52 Å². The summed E-state index contributed by atoms with van der Waals surface area (Å²) in [6, 6.07) is 1.84. The van der Waals surface area contributed by atoms with Gasteiger partial charge in [0.05, 0.1) is 18.7 Å². The molecule has 2 aromatic rings. The van der Waals surface area contributed by atoms with Gasteiger partial charge in [0.15, 0.2) is 0 Å². The molecule has 0 bridgehead atoms. The lowest BCUT2D eigenvalue weighted by atomic mass is 10.2. The van der Waals surface area contributed by atoms with E-state index in [-0.39, 0.29) is 5.56 Å². The Morgan fingerprint density at radius 3 is 3.18 bits per heavy atom. The zero-order valence-corrected chi connectivity index (χ0v) is 10.6. The van der Waals surface area contributed by atoms with Crippen LogP contribution in [0.4, 0.5) is 0 Å². The molecule has 0 fully saturated rings. The van der Waals surface area contributed by atoms with Crippen LogP contribution in [0.25, 0.3) is 10.2 Å². The molecule has 2 rings (SSSR count). The number of hydrogen-bond acceptors (Lipinski definition) is 5. The number of aromatic amines is 1. The lowest BCUT2D eigenvalue weighted by Gasteiger charge is -2.07. The highest BCUT2D eigenvalue weighted by Gasteiger charge is 2.04. The number of fused-ring (bicyclic) bond motifs is 1. The predicted molar refractivity (Wildman–Crippen MR) is 67.9 cm³/mol. The summed E-state index contributed by atoms with van der Waals surface area (Å²) in [6.45, 7) is 5.16. The van der Waals surface area contributed by atoms with Gasteiger partial charge in [0, 0.05) is 0 Å². The third-order valence-electron chi connectivity index (χ3n) is 2.12. The van der Waals surface area contributed by atoms with Crippen LogP contribution in [0.3, 0.4) is 0 Å². The molecule has 0 aliphatic heterocycles. The third kappa shape index (κ3) is 3.12. The molecule has 0 unspecified atom stereocenters. The molecule has 2 heterocycles. The predicted octanol–water partition coefficient (Wildman–Crippen LogP) is 1.66. The molecule has 2 aromatic heterocycles. The largest absolute Gasteiger partial charge is 0.308 e. The van der Waals surface area contributed by atoms with Crippen molar-refractivity contribution in [2.24, 2.45) is 5.92 Å². The summed E-state index contributed by atoms with van der Waals surface area (Å²) in [6.07, 6.45) is 0. The normalized spacial score (nSPS) is 11.5. The maximum atomic E-state index is 11.6. The van der Waals surface area contributed by atoms with E-state index in [1.807, 2.05) is 11.4 Å². The van der Waals surface area contributed by atoms with Crippen LogP contribution in [0.2, 0.25) is 0 Å². The number of H-pyrrole nitrogens is 1. The Hall–Kier alpha value is -1.24. The van der Waals surface area contributed by atoms with Crippen LogP contribution in [-0.2, 0) is 11.4 Å². The Balaban J connectivity index is 2.01. The quantitative estimate of drug-likeness (QED) is 0.628. The second-order valence-electron chi connectivity index (χ2n) is 4.17. The topological polar surface area (TPSA) is 67.0 Å². The summed E-state index contributed by atoms with van der Waals surface area (Å²) in [5.74, 6) is 1.05. The van der Waals surface area contributed by atoms with E-state index in [2.05, 4.69) is 29.3 Å². The van der Waals surface area contributed by atoms with Gasteiger partial charge in [0.1, 0.15) is 10.5 Å². The SMILES string of the molecule is CC(C)CONCc1nc2ccsc2c(=O)[nH]1. The summed E-state index contributed by atoms with van der Waals surface area (Å²) < 4.78 is 0.664. The first-order chi connectivity index (χ1) is 8.16. The van der Waals surface area contributed by atoms with Crippen molar-refractivity contribution >= 4 is 21.6 Å². The van der Waals surface area contributed by atoms with Gasteiger partial charge in [-0.2, -0.15) is 5.48 Å². The van der Waals surface area contributed by atoms with E-state index in [1.54, 1.807) is 0 Å². The van der Waals surface area contributed by atoms with Crippen molar-refractivity contribution < 1.29 is 4.84 Å². The number of rotatable bonds is 5. The minimum absolute atomic E-state index is 0.0920. The van der Waals surface area contributed by atoms with Gasteiger partial charge in [-0.25, -0.2) is 4.98 Å². The summed E-state index contributed by atoms with van der Waals surface area (Å²) in [5.41, 5.74) is 3.43. The van der Waals surface area contributed by atoms with E-state index in [4.69, 9.17) is 4.84 Å². The van der Waals surface area contributed by atoms with Gasteiger partial charge < -0.3 is 9.82 Å². The van der Waals surface area contributed by atoms with Crippen molar-refractivity contribution in [3.63, 3.8) is 0 Å². The van der Waals surface area contributed by atoms with E-state index < -0.39 is 0 Å². The van der Waals surface area contributed by atoms with E-state index in [0.29, 0.717) is 29.6 Å². The van der Waals surface area contributed by atoms with Crippen LogP contribution in [0.1, 0.15) is 19.7 Å². The summed E-state index contributed by atoms with van der Waals surface area (Å²) >= 11 is 1.40. The van der Waals surface area contributed by atoms with E-state index in [9.17, 15) is 4.79 Å². The third-order valence-corrected chi connectivity index (χ3v) is 3.02. The lowest BCUT2D eigenvalue weighted by Crippen LogP contribution is -2.21. The van der Waals surface area contributed by atoms with Crippen LogP contribution in [0.5, 0.6) is 0 Å². The number of nitrogens with one attached hydrogen (secondary N) is 2. The molecule has 17 heavy (non-hydrogen) atoms. The zero-order chi connectivity index (χ0) is 12.3. The summed E-state index contributed by atoms with van der Waals surface area (Å²) in [4.78, 5) is 23.9. The minimum atomic E-state index is -0.0920. The Morgan fingerprint density at radius 1 is 1.59 bits per heavy atom. The van der Waals surface area contributed by atoms with Gasteiger partial charge in [-0.1, -0.05) is 13.8 Å². The van der Waals surface area contributed by atoms with Gasteiger partial charge in [0.2, 0.25) is 0 Å². The molecular formula is C11H15N3O2S. The van der Waals surface area contributed by atoms with Crippen molar-refractivity contribution in [1.82, 2.24) is 15.4 Å². The van der Waals surface area contributed by atoms with Gasteiger partial charge >= 0.3 is 0 Å². The molecule has 0 aliphatic carbocycles. The van der Waals surface area contributed by atoms with Crippen LogP contribution in [0.15, 0.2) is 16.2 Å². The first kappa shape index (κ1) is 12.2. The van der Waals surface area contributed by atoms with Crippen LogP contribution < -0.4 is 11.0 Å². The molecule has 0 radical (unpaired) electrons. The van der Waals surface area contributed by atoms with Crippen LogP contribution in [-0.4, -0.2) is 16.6 Å². The fourth-order valence-electron chi connectivity index (χ4n) is 1.35. The summed E-state index contributed by atoms with van der Waals surface area (Å²) in [5, 5.41) is 1.86. The Labute approximate surface area is 103 Å². The van der Waals surface area contributed by atoms with Gasteiger partial charge in [0.25, 0.3) is 5.56 Å². The van der Waals surface area contributed by atoms with Crippen LogP contribution in [0, 0.1) is 5.92 Å². The van der Waals surface area contributed by atoms with Crippen molar-refractivity contribution in [3.8, 4) is 0 Å². The first-order valence-corrected chi connectivity index (χ1v) is 6.36. The molecule has 6 heteroatoms. The molecule has 0 saturated heterocycles. The number of aromatic nitrogens is 2. The fraction of sp³-hybridized carbons (Fsp3) is 0.455. The van der Waals surface area contributed by atoms with Crippen molar-refractivity contribution in [2.45, 2.75) is 20.4 Å². The van der Waals surface area contributed by atoms with Crippen molar-refractivity contribution in [2.75, 3.05) is 6.61 Å². The molecule has 92 valence electrons. The molecule has 0 spiro atoms. The zero-order valence-electron chi connectivity index (χ0n) is 9.82. The number of hydrogen-bond donors (Lipinski definition) is 2. The number of hydroxylamine groups is 1. The Morgan fingerprint density at radius 2 is 2.41 bits per heavy atom. The Kier molecular flexibility index (Phi) is 3.88. The molecule has 0 saturated carbocycles. The van der Waals surface area contributed by atoms with Crippen molar-refractivity contribution in [3.05, 3.63) is 27.6 Å². The molecule has 5 nitrogen and oxygen atoms in total. The minimum Gasteiger partial charge on any atom is -0.308 e. The van der Waals surface area contributed by atoms with Crippen molar-refractivity contribution in [1.29, 1.82) is 0 Å². The van der Waals surface area contributed by atoms with E-state index in [1.165, 1.54) is 11.3 Å². The van der Waals surface area contributed by atoms with Gasteiger partial charge in [-0.05, 0) is 17.4 Å². The molecule has 0 aromatic carbocycles. The lowest BCUT2D eigenvalue weighted by molar-refractivity contribution is 0.0184. The maximum absolute atomic E-state index is 11.6. The molecule has 0 atom stereocenters. The maximum Gasteiger partial charge on any atom is 0.268 e. The summed E-state index contributed by atoms with van der Waals surface area (Å²) in [7, 11) is 0. The molecule has 0 amide bonds. The molecular weight excluding hydrogens is 238 g/mol. The first-order valence-electron chi connectivity index (χ1n) is 5.48. The Bertz CT molecular complexity index is 547. The highest BCUT2D eigenvalue weighted by Crippen LogP contribution is 2.13. The monoisotopic (exact) mass is 253 g/mol. The smallest absolute Gasteiger partial charge is 0.268 e. The number of thiophene rings is 1. The standard InChI is InChI=1S/C11H15N3O2S/c1-7(2)6-16-12-5-9-13-8-3-4-17-10(8)11(15)14-9/h3-4,7,12H,5-6H2,1-2H3,(H,13,14,15). The van der Waals surface area contributed by atoms with Crippen LogP contribution >= 0.6 is 11.3 Å².